The molecular formula is C11H22N4. The van der Waals surface area contributed by atoms with Crippen molar-refractivity contribution in [3.05, 3.63) is 0 Å². The molecule has 0 atom stereocenters. The van der Waals surface area contributed by atoms with Gasteiger partial charge in [-0.3, -0.25) is 10.4 Å². The summed E-state index contributed by atoms with van der Waals surface area (Å²) in [6, 6.07) is 0. The van der Waals surface area contributed by atoms with Crippen LogP contribution < -0.4 is 11.3 Å². The molecule has 0 aromatic heterocycles. The summed E-state index contributed by atoms with van der Waals surface area (Å²) in [6.45, 7) is 5.12. The van der Waals surface area contributed by atoms with Crippen LogP contribution in [0.1, 0.15) is 32.6 Å². The van der Waals surface area contributed by atoms with Gasteiger partial charge in [-0.15, -0.1) is 0 Å². The minimum Gasteiger partial charge on any atom is -0.341 e. The number of hydrogen-bond acceptors (Lipinski definition) is 2. The molecule has 0 spiro atoms. The fraction of sp³-hybridized carbons (Fsp3) is 0.909. The van der Waals surface area contributed by atoms with Crippen LogP contribution in [0.25, 0.3) is 0 Å². The standard InChI is InChI=1S/C11H22N4/c1-2-13-11(14-12)15(7-9-3-4-9)8-10-5-6-10/h9-10H,2-8,12H2,1H3,(H,13,14). The van der Waals surface area contributed by atoms with Crippen molar-refractivity contribution >= 4 is 5.96 Å². The molecule has 0 radical (unpaired) electrons. The molecule has 4 heteroatoms. The molecule has 0 unspecified atom stereocenters. The van der Waals surface area contributed by atoms with Crippen LogP contribution in [0.3, 0.4) is 0 Å². The van der Waals surface area contributed by atoms with E-state index in [1.165, 1.54) is 25.7 Å². The molecule has 15 heavy (non-hydrogen) atoms. The van der Waals surface area contributed by atoms with Gasteiger partial charge in [0, 0.05) is 19.6 Å². The van der Waals surface area contributed by atoms with Crippen molar-refractivity contribution in [2.24, 2.45) is 22.7 Å². The van der Waals surface area contributed by atoms with E-state index in [4.69, 9.17) is 5.84 Å². The number of aliphatic imine (C=N–C) groups is 1. The van der Waals surface area contributed by atoms with Crippen LogP contribution >= 0.6 is 0 Å². The van der Waals surface area contributed by atoms with E-state index in [1.54, 1.807) is 0 Å². The van der Waals surface area contributed by atoms with E-state index in [1.807, 2.05) is 6.92 Å². The average molecular weight is 210 g/mol. The number of nitrogens with one attached hydrogen (secondary N) is 1. The van der Waals surface area contributed by atoms with Gasteiger partial charge in [0.1, 0.15) is 0 Å². The third-order valence-electron chi connectivity index (χ3n) is 3.09. The summed E-state index contributed by atoms with van der Waals surface area (Å²) in [6.07, 6.45) is 5.52. The van der Waals surface area contributed by atoms with E-state index >= 15 is 0 Å². The zero-order valence-electron chi connectivity index (χ0n) is 9.58. The Morgan fingerprint density at radius 1 is 1.27 bits per heavy atom. The lowest BCUT2D eigenvalue weighted by Gasteiger charge is -2.25. The molecule has 86 valence electrons. The Labute approximate surface area is 91.9 Å². The predicted octanol–water partition coefficient (Wildman–Crippen LogP) is 0.948. The van der Waals surface area contributed by atoms with Gasteiger partial charge in [0.05, 0.1) is 0 Å². The zero-order chi connectivity index (χ0) is 10.7. The first-order valence-corrected chi connectivity index (χ1v) is 6.09. The number of nitrogens with two attached hydrogens (primary N) is 1. The normalized spacial score (nSPS) is 21.6. The Kier molecular flexibility index (Phi) is 3.46. The van der Waals surface area contributed by atoms with Gasteiger partial charge < -0.3 is 4.90 Å². The van der Waals surface area contributed by atoms with Crippen LogP contribution in [-0.4, -0.2) is 30.5 Å². The maximum absolute atomic E-state index is 5.53. The Hall–Kier alpha value is -0.770. The maximum atomic E-state index is 5.53. The highest BCUT2D eigenvalue weighted by atomic mass is 15.4. The van der Waals surface area contributed by atoms with Crippen LogP contribution in [0.15, 0.2) is 4.99 Å². The smallest absolute Gasteiger partial charge is 0.208 e. The summed E-state index contributed by atoms with van der Waals surface area (Å²) in [7, 11) is 0. The molecule has 0 aromatic carbocycles. The number of hydrogen-bond donors (Lipinski definition) is 2. The zero-order valence-corrected chi connectivity index (χ0v) is 9.58. The third kappa shape index (κ3) is 3.38. The predicted molar refractivity (Wildman–Crippen MR) is 62.3 cm³/mol. The second kappa shape index (κ2) is 4.84. The van der Waals surface area contributed by atoms with Gasteiger partial charge >= 0.3 is 0 Å². The second-order valence-electron chi connectivity index (χ2n) is 4.73. The van der Waals surface area contributed by atoms with Crippen molar-refractivity contribution in [2.45, 2.75) is 32.6 Å². The topological polar surface area (TPSA) is 53.6 Å². The Morgan fingerprint density at radius 2 is 1.80 bits per heavy atom. The largest absolute Gasteiger partial charge is 0.341 e. The lowest BCUT2D eigenvalue weighted by Crippen LogP contribution is -2.46. The van der Waals surface area contributed by atoms with Crippen LogP contribution in [-0.2, 0) is 0 Å². The molecular weight excluding hydrogens is 188 g/mol. The molecule has 3 N–H and O–H groups in total. The maximum Gasteiger partial charge on any atom is 0.208 e. The third-order valence-corrected chi connectivity index (χ3v) is 3.09. The Morgan fingerprint density at radius 3 is 2.13 bits per heavy atom. The van der Waals surface area contributed by atoms with E-state index in [0.29, 0.717) is 0 Å². The number of guanidine groups is 1. The summed E-state index contributed by atoms with van der Waals surface area (Å²) < 4.78 is 0. The molecule has 2 fully saturated rings. The molecule has 2 saturated carbocycles. The van der Waals surface area contributed by atoms with Crippen molar-refractivity contribution in [3.8, 4) is 0 Å². The molecule has 2 aliphatic rings. The van der Waals surface area contributed by atoms with Crippen molar-refractivity contribution in [1.29, 1.82) is 0 Å². The molecule has 0 amide bonds. The molecule has 0 heterocycles. The molecule has 0 aliphatic heterocycles. The summed E-state index contributed by atoms with van der Waals surface area (Å²) in [5.74, 6) is 8.19. The quantitative estimate of drug-likeness (QED) is 0.307. The summed E-state index contributed by atoms with van der Waals surface area (Å²) in [4.78, 5) is 6.76. The summed E-state index contributed by atoms with van der Waals surface area (Å²) in [5, 5.41) is 0. The van der Waals surface area contributed by atoms with Crippen molar-refractivity contribution in [3.63, 3.8) is 0 Å². The summed E-state index contributed by atoms with van der Waals surface area (Å²) >= 11 is 0. The number of hydrazine groups is 1. The highest BCUT2D eigenvalue weighted by Gasteiger charge is 2.30. The van der Waals surface area contributed by atoms with Gasteiger partial charge in [-0.1, -0.05) is 0 Å². The first-order valence-electron chi connectivity index (χ1n) is 6.09. The minimum absolute atomic E-state index is 0.797. The fourth-order valence-electron chi connectivity index (χ4n) is 1.86. The van der Waals surface area contributed by atoms with E-state index in [9.17, 15) is 0 Å². The fourth-order valence-corrected chi connectivity index (χ4v) is 1.86. The van der Waals surface area contributed by atoms with Gasteiger partial charge in [0.15, 0.2) is 0 Å². The van der Waals surface area contributed by atoms with Gasteiger partial charge in [-0.25, -0.2) is 5.84 Å². The lowest BCUT2D eigenvalue weighted by molar-refractivity contribution is 0.369. The lowest BCUT2D eigenvalue weighted by atomic mass is 10.3. The van der Waals surface area contributed by atoms with Gasteiger partial charge in [-0.2, -0.15) is 0 Å². The van der Waals surface area contributed by atoms with Crippen molar-refractivity contribution in [1.82, 2.24) is 10.3 Å². The van der Waals surface area contributed by atoms with Crippen molar-refractivity contribution < 1.29 is 0 Å². The molecule has 4 nitrogen and oxygen atoms in total. The van der Waals surface area contributed by atoms with Crippen LogP contribution in [0.5, 0.6) is 0 Å². The number of rotatable bonds is 5. The minimum atomic E-state index is 0.797. The van der Waals surface area contributed by atoms with E-state index in [2.05, 4.69) is 15.3 Å². The molecule has 2 rings (SSSR count). The van der Waals surface area contributed by atoms with Crippen LogP contribution in [0.2, 0.25) is 0 Å². The van der Waals surface area contributed by atoms with E-state index < -0.39 is 0 Å². The van der Waals surface area contributed by atoms with Crippen LogP contribution in [0.4, 0.5) is 0 Å². The van der Waals surface area contributed by atoms with E-state index in [0.717, 1.165) is 37.4 Å². The highest BCUT2D eigenvalue weighted by Crippen LogP contribution is 2.33. The first kappa shape index (κ1) is 10.7. The number of nitrogens with zero attached hydrogens (tertiary/aromatic N) is 2. The van der Waals surface area contributed by atoms with Gasteiger partial charge in [-0.05, 0) is 44.4 Å². The van der Waals surface area contributed by atoms with Gasteiger partial charge in [0.2, 0.25) is 5.96 Å². The molecule has 0 saturated heterocycles. The SMILES string of the molecule is CCN=C(NN)N(CC1CC1)CC1CC1. The average Bonchev–Trinajstić information content (AvgIpc) is 3.07. The van der Waals surface area contributed by atoms with Gasteiger partial charge in [0.25, 0.3) is 0 Å². The monoisotopic (exact) mass is 210 g/mol. The Balaban J connectivity index is 1.90. The molecule has 0 bridgehead atoms. The highest BCUT2D eigenvalue weighted by molar-refractivity contribution is 5.79. The summed E-state index contributed by atoms with van der Waals surface area (Å²) in [5.41, 5.74) is 2.75. The van der Waals surface area contributed by atoms with E-state index in [-0.39, 0.29) is 0 Å². The van der Waals surface area contributed by atoms with Crippen molar-refractivity contribution in [2.75, 3.05) is 19.6 Å². The second-order valence-corrected chi connectivity index (χ2v) is 4.73. The first-order chi connectivity index (χ1) is 7.33. The molecule has 2 aliphatic carbocycles. The Bertz CT molecular complexity index is 217. The van der Waals surface area contributed by atoms with Crippen LogP contribution in [0, 0.1) is 11.8 Å². The molecule has 0 aromatic rings.